The molecule has 1 aliphatic heterocycles. The van der Waals surface area contributed by atoms with Crippen LogP contribution >= 0.6 is 11.3 Å². The highest BCUT2D eigenvalue weighted by Gasteiger charge is 2.21. The van der Waals surface area contributed by atoms with Gasteiger partial charge in [-0.1, -0.05) is 13.3 Å². The summed E-state index contributed by atoms with van der Waals surface area (Å²) >= 11 is 1.56. The molecule has 2 aromatic heterocycles. The van der Waals surface area contributed by atoms with Crippen molar-refractivity contribution < 1.29 is 4.79 Å². The van der Waals surface area contributed by atoms with E-state index in [2.05, 4.69) is 27.0 Å². The van der Waals surface area contributed by atoms with E-state index in [-0.39, 0.29) is 11.9 Å². The first-order valence-corrected chi connectivity index (χ1v) is 8.82. The van der Waals surface area contributed by atoms with Crippen LogP contribution in [0.2, 0.25) is 0 Å². The fourth-order valence-electron chi connectivity index (χ4n) is 2.85. The van der Waals surface area contributed by atoms with Gasteiger partial charge in [0.2, 0.25) is 0 Å². The molecule has 0 radical (unpaired) electrons. The summed E-state index contributed by atoms with van der Waals surface area (Å²) in [6.07, 6.45) is 5.51. The highest BCUT2D eigenvalue weighted by Crippen LogP contribution is 2.21. The number of nitrogens with one attached hydrogen (secondary N) is 1. The van der Waals surface area contributed by atoms with E-state index >= 15 is 0 Å². The molecule has 6 heteroatoms. The molecule has 0 aromatic carbocycles. The fourth-order valence-corrected chi connectivity index (χ4v) is 3.70. The van der Waals surface area contributed by atoms with E-state index in [1.54, 1.807) is 11.3 Å². The number of hydrogen-bond donors (Lipinski definition) is 1. The van der Waals surface area contributed by atoms with Crippen LogP contribution in [0.4, 0.5) is 0 Å². The van der Waals surface area contributed by atoms with Gasteiger partial charge in [-0.3, -0.25) is 4.79 Å². The largest absolute Gasteiger partial charge is 0.342 e. The maximum Gasteiger partial charge on any atom is 0.261 e. The van der Waals surface area contributed by atoms with Gasteiger partial charge in [0.15, 0.2) is 5.82 Å². The van der Waals surface area contributed by atoms with Gasteiger partial charge in [-0.05, 0) is 38.3 Å². The van der Waals surface area contributed by atoms with Crippen LogP contribution in [0.25, 0.3) is 0 Å². The first-order valence-electron chi connectivity index (χ1n) is 8.00. The Kier molecular flexibility index (Phi) is 4.57. The van der Waals surface area contributed by atoms with E-state index in [0.717, 1.165) is 42.3 Å². The molecule has 0 aliphatic carbocycles. The number of rotatable bonds is 4. The topological polar surface area (TPSA) is 59.8 Å². The lowest BCUT2D eigenvalue weighted by atomic mass is 10.2. The molecule has 5 nitrogen and oxygen atoms in total. The predicted octanol–water partition coefficient (Wildman–Crippen LogP) is 3.12. The van der Waals surface area contributed by atoms with Crippen molar-refractivity contribution in [3.8, 4) is 0 Å². The number of carbonyl (C=O) groups excluding carboxylic acids is 1. The van der Waals surface area contributed by atoms with Crippen LogP contribution in [0.3, 0.4) is 0 Å². The van der Waals surface area contributed by atoms with Gasteiger partial charge in [0, 0.05) is 17.8 Å². The molecule has 1 N–H and O–H groups in total. The van der Waals surface area contributed by atoms with Gasteiger partial charge in [0.1, 0.15) is 5.82 Å². The van der Waals surface area contributed by atoms with Gasteiger partial charge >= 0.3 is 0 Å². The Hall–Kier alpha value is -1.69. The highest BCUT2D eigenvalue weighted by molar-refractivity contribution is 7.14. The Morgan fingerprint density at radius 2 is 2.23 bits per heavy atom. The molecular formula is C16H22N4OS. The van der Waals surface area contributed by atoms with Crippen LogP contribution in [-0.4, -0.2) is 20.7 Å². The normalized spacial score (nSPS) is 15.9. The molecule has 0 saturated carbocycles. The third-order valence-corrected chi connectivity index (χ3v) is 5.34. The van der Waals surface area contributed by atoms with Gasteiger partial charge in [0.05, 0.1) is 10.9 Å². The number of nitrogens with zero attached hydrogens (tertiary/aromatic N) is 3. The number of hydrogen-bond acceptors (Lipinski definition) is 4. The lowest BCUT2D eigenvalue weighted by molar-refractivity contribution is 0.0941. The van der Waals surface area contributed by atoms with Crippen molar-refractivity contribution >= 4 is 17.2 Å². The van der Waals surface area contributed by atoms with Crippen LogP contribution in [0.15, 0.2) is 12.1 Å². The summed E-state index contributed by atoms with van der Waals surface area (Å²) in [6, 6.07) is 3.79. The molecule has 2 aromatic rings. The summed E-state index contributed by atoms with van der Waals surface area (Å²) in [5.74, 6) is 1.90. The summed E-state index contributed by atoms with van der Waals surface area (Å²) in [4.78, 5) is 14.4. The Labute approximate surface area is 134 Å². The molecule has 0 spiro atoms. The Balaban J connectivity index is 1.73. The lowest BCUT2D eigenvalue weighted by Crippen LogP contribution is -2.28. The smallest absolute Gasteiger partial charge is 0.261 e. The second-order valence-corrected chi connectivity index (χ2v) is 6.92. The molecule has 0 bridgehead atoms. The molecule has 0 saturated heterocycles. The van der Waals surface area contributed by atoms with Gasteiger partial charge in [-0.2, -0.15) is 0 Å². The first kappa shape index (κ1) is 15.2. The molecule has 3 rings (SSSR count). The standard InChI is InChI=1S/C16H22N4OS/c1-3-12-8-9-13(22-12)16(21)17-11(2)15-19-18-14-7-5-4-6-10-20(14)15/h8-9,11H,3-7,10H2,1-2H3,(H,17,21). The van der Waals surface area contributed by atoms with Gasteiger partial charge in [-0.15, -0.1) is 21.5 Å². The summed E-state index contributed by atoms with van der Waals surface area (Å²) in [5.41, 5.74) is 0. The maximum absolute atomic E-state index is 12.4. The van der Waals surface area contributed by atoms with Gasteiger partial charge in [0.25, 0.3) is 5.91 Å². The van der Waals surface area contributed by atoms with Gasteiger partial charge in [-0.25, -0.2) is 0 Å². The number of thiophene rings is 1. The van der Waals surface area contributed by atoms with E-state index in [1.165, 1.54) is 17.7 Å². The predicted molar refractivity (Wildman–Crippen MR) is 87.2 cm³/mol. The lowest BCUT2D eigenvalue weighted by Gasteiger charge is -2.14. The summed E-state index contributed by atoms with van der Waals surface area (Å²) in [7, 11) is 0. The molecule has 1 unspecified atom stereocenters. The molecule has 22 heavy (non-hydrogen) atoms. The van der Waals surface area contributed by atoms with E-state index in [0.29, 0.717) is 0 Å². The molecule has 1 aliphatic rings. The zero-order chi connectivity index (χ0) is 15.5. The SMILES string of the molecule is CCc1ccc(C(=O)NC(C)c2nnc3n2CCCCC3)s1. The molecule has 0 fully saturated rings. The average Bonchev–Trinajstić information content (AvgIpc) is 3.09. The van der Waals surface area contributed by atoms with E-state index in [1.807, 2.05) is 19.1 Å². The quantitative estimate of drug-likeness (QED) is 0.942. The van der Waals surface area contributed by atoms with Crippen LogP contribution in [0, 0.1) is 0 Å². The van der Waals surface area contributed by atoms with Crippen LogP contribution < -0.4 is 5.32 Å². The van der Waals surface area contributed by atoms with Crippen molar-refractivity contribution in [3.63, 3.8) is 0 Å². The van der Waals surface area contributed by atoms with Crippen molar-refractivity contribution in [1.82, 2.24) is 20.1 Å². The Bertz CT molecular complexity index is 661. The third kappa shape index (κ3) is 3.06. The number of aromatic nitrogens is 3. The molecule has 118 valence electrons. The molecule has 1 amide bonds. The fraction of sp³-hybridized carbons (Fsp3) is 0.562. The molecule has 1 atom stereocenters. The van der Waals surface area contributed by atoms with E-state index in [9.17, 15) is 4.79 Å². The van der Waals surface area contributed by atoms with Crippen LogP contribution in [-0.2, 0) is 19.4 Å². The number of amides is 1. The third-order valence-electron chi connectivity index (χ3n) is 4.11. The van der Waals surface area contributed by atoms with Crippen molar-refractivity contribution in [2.75, 3.05) is 0 Å². The van der Waals surface area contributed by atoms with Crippen LogP contribution in [0.5, 0.6) is 0 Å². The summed E-state index contributed by atoms with van der Waals surface area (Å²) < 4.78 is 2.18. The summed E-state index contributed by atoms with van der Waals surface area (Å²) in [6.45, 7) is 5.03. The van der Waals surface area contributed by atoms with Gasteiger partial charge < -0.3 is 9.88 Å². The number of aryl methyl sites for hydroxylation is 2. The molecular weight excluding hydrogens is 296 g/mol. The van der Waals surface area contributed by atoms with Crippen LogP contribution in [0.1, 0.15) is 65.3 Å². The van der Waals surface area contributed by atoms with Crippen molar-refractivity contribution in [1.29, 1.82) is 0 Å². The maximum atomic E-state index is 12.4. The second kappa shape index (κ2) is 6.60. The first-order chi connectivity index (χ1) is 10.7. The summed E-state index contributed by atoms with van der Waals surface area (Å²) in [5, 5.41) is 11.7. The monoisotopic (exact) mass is 318 g/mol. The minimum Gasteiger partial charge on any atom is -0.342 e. The van der Waals surface area contributed by atoms with Crippen molar-refractivity contribution in [3.05, 3.63) is 33.5 Å². The molecule has 3 heterocycles. The second-order valence-electron chi connectivity index (χ2n) is 5.75. The van der Waals surface area contributed by atoms with E-state index < -0.39 is 0 Å². The number of fused-ring (bicyclic) bond motifs is 1. The zero-order valence-corrected chi connectivity index (χ0v) is 13.9. The zero-order valence-electron chi connectivity index (χ0n) is 13.1. The number of carbonyl (C=O) groups is 1. The highest BCUT2D eigenvalue weighted by atomic mass is 32.1. The Morgan fingerprint density at radius 1 is 1.36 bits per heavy atom. The Morgan fingerprint density at radius 3 is 3.00 bits per heavy atom. The minimum atomic E-state index is -0.126. The van der Waals surface area contributed by atoms with E-state index in [4.69, 9.17) is 0 Å². The van der Waals surface area contributed by atoms with Crippen molar-refractivity contribution in [2.24, 2.45) is 0 Å². The van der Waals surface area contributed by atoms with Crippen molar-refractivity contribution in [2.45, 2.75) is 58.5 Å². The minimum absolute atomic E-state index is 0.0248. The average molecular weight is 318 g/mol.